The smallest absolute Gasteiger partial charge is 0.388 e. The van der Waals surface area contributed by atoms with E-state index in [0.29, 0.717) is 10.5 Å². The van der Waals surface area contributed by atoms with E-state index in [-0.39, 0.29) is 23.9 Å². The maximum atomic E-state index is 13.3. The summed E-state index contributed by atoms with van der Waals surface area (Å²) in [5.41, 5.74) is -0.230. The van der Waals surface area contributed by atoms with Crippen LogP contribution < -0.4 is 9.80 Å². The van der Waals surface area contributed by atoms with Crippen LogP contribution in [0.25, 0.3) is 5.52 Å². The first-order chi connectivity index (χ1) is 15.0. The minimum atomic E-state index is -4.62. The van der Waals surface area contributed by atoms with Crippen molar-refractivity contribution in [3.05, 3.63) is 52.8 Å². The average molecular weight is 470 g/mol. The lowest BCUT2D eigenvalue weighted by atomic mass is 10.1. The Kier molecular flexibility index (Phi) is 5.51. The lowest BCUT2D eigenvalue weighted by Crippen LogP contribution is -2.50. The molecule has 1 aliphatic rings. The van der Waals surface area contributed by atoms with E-state index in [1.54, 1.807) is 24.4 Å². The van der Waals surface area contributed by atoms with Crippen LogP contribution in [0.3, 0.4) is 0 Å². The lowest BCUT2D eigenvalue weighted by Gasteiger charge is -2.29. The number of aromatic nitrogens is 3. The summed E-state index contributed by atoms with van der Waals surface area (Å²) in [5, 5.41) is 25.5. The number of amides is 1. The van der Waals surface area contributed by atoms with Crippen LogP contribution in [0.5, 0.6) is 0 Å². The molecule has 8 nitrogen and oxygen atoms in total. The van der Waals surface area contributed by atoms with Gasteiger partial charge in [-0.1, -0.05) is 11.6 Å². The van der Waals surface area contributed by atoms with Crippen LogP contribution in [0.1, 0.15) is 11.3 Å². The van der Waals surface area contributed by atoms with Crippen molar-refractivity contribution >= 4 is 34.7 Å². The predicted molar refractivity (Wildman–Crippen MR) is 111 cm³/mol. The molecule has 4 heterocycles. The number of aryl methyl sites for hydroxylation is 1. The van der Waals surface area contributed by atoms with Gasteiger partial charge < -0.3 is 15.1 Å². The molecular weight excluding hydrogens is 451 g/mol. The highest BCUT2D eigenvalue weighted by atomic mass is 35.5. The van der Waals surface area contributed by atoms with E-state index in [1.165, 1.54) is 23.4 Å². The van der Waals surface area contributed by atoms with Gasteiger partial charge in [0.1, 0.15) is 18.0 Å². The van der Waals surface area contributed by atoms with Gasteiger partial charge in [0.05, 0.1) is 22.2 Å². The number of pyridine rings is 1. The molecule has 1 aliphatic heterocycles. The standard InChI is InChI=1S/C20H19ClF3N5O3/c1-10-7-11(20(22,23)24)8-16(25-10)28-9-14(30)18(31)17(28)19(32)27(2)15-4-3-13-12(21)5-6-29(13)26-15/h3-8,14,17-18,30-31H,9H2,1-2H3/t14-,17+,18-/m1/s1. The van der Waals surface area contributed by atoms with E-state index in [4.69, 9.17) is 11.6 Å². The molecule has 0 bridgehead atoms. The van der Waals surface area contributed by atoms with Gasteiger partial charge >= 0.3 is 6.18 Å². The lowest BCUT2D eigenvalue weighted by molar-refractivity contribution is -0.137. The van der Waals surface area contributed by atoms with Crippen LogP contribution in [0.15, 0.2) is 36.5 Å². The fraction of sp³-hybridized carbons (Fsp3) is 0.350. The van der Waals surface area contributed by atoms with Gasteiger partial charge in [-0.2, -0.15) is 13.2 Å². The molecule has 2 N–H and O–H groups in total. The maximum Gasteiger partial charge on any atom is 0.416 e. The number of rotatable bonds is 3. The number of β-amino-alcohol motifs (C(OH)–C–C–N with tert-alkyl or cyclic N) is 1. The zero-order chi connectivity index (χ0) is 23.4. The van der Waals surface area contributed by atoms with Gasteiger partial charge in [0.2, 0.25) is 0 Å². The molecule has 4 rings (SSSR count). The van der Waals surface area contributed by atoms with Crippen molar-refractivity contribution in [2.75, 3.05) is 23.4 Å². The van der Waals surface area contributed by atoms with Crippen LogP contribution in [0.2, 0.25) is 5.02 Å². The molecule has 1 amide bonds. The summed E-state index contributed by atoms with van der Waals surface area (Å²) in [7, 11) is 1.42. The van der Waals surface area contributed by atoms with Crippen molar-refractivity contribution in [1.82, 2.24) is 14.6 Å². The quantitative estimate of drug-likeness (QED) is 0.611. The molecule has 1 fully saturated rings. The minimum Gasteiger partial charge on any atom is -0.388 e. The van der Waals surface area contributed by atoms with Crippen molar-refractivity contribution in [3.63, 3.8) is 0 Å². The monoisotopic (exact) mass is 469 g/mol. The Balaban J connectivity index is 1.69. The highest BCUT2D eigenvalue weighted by Crippen LogP contribution is 2.34. The Hall–Kier alpha value is -2.89. The first kappa shape index (κ1) is 22.3. The van der Waals surface area contributed by atoms with Crippen molar-refractivity contribution in [1.29, 1.82) is 0 Å². The Bertz CT molecular complexity index is 1180. The molecule has 0 spiro atoms. The minimum absolute atomic E-state index is 0.0851. The van der Waals surface area contributed by atoms with Gasteiger partial charge in [-0.25, -0.2) is 9.50 Å². The summed E-state index contributed by atoms with van der Waals surface area (Å²) in [5.74, 6) is -0.618. The predicted octanol–water partition coefficient (Wildman–Crippen LogP) is 2.28. The molecule has 3 aromatic heterocycles. The maximum absolute atomic E-state index is 13.3. The normalized spacial score (nSPS) is 21.4. The number of halogens is 4. The van der Waals surface area contributed by atoms with Gasteiger partial charge in [-0.05, 0) is 37.3 Å². The molecule has 3 atom stereocenters. The number of hydrogen-bond acceptors (Lipinski definition) is 6. The van der Waals surface area contributed by atoms with Gasteiger partial charge in [-0.15, -0.1) is 5.10 Å². The Labute approximate surface area is 185 Å². The number of anilines is 2. The molecule has 0 unspecified atom stereocenters. The highest BCUT2D eigenvalue weighted by Gasteiger charge is 2.47. The number of aliphatic hydroxyl groups is 2. The second-order valence-electron chi connectivity index (χ2n) is 7.59. The van der Waals surface area contributed by atoms with Crippen molar-refractivity contribution in [2.24, 2.45) is 0 Å². The van der Waals surface area contributed by atoms with Gasteiger partial charge in [-0.3, -0.25) is 9.69 Å². The molecule has 170 valence electrons. The molecule has 1 saturated heterocycles. The van der Waals surface area contributed by atoms with Crippen LogP contribution in [-0.2, 0) is 11.0 Å². The second kappa shape index (κ2) is 7.91. The number of likely N-dealkylation sites (N-methyl/N-ethyl adjacent to an activating group) is 1. The molecular formula is C20H19ClF3N5O3. The fourth-order valence-corrected chi connectivity index (χ4v) is 3.94. The van der Waals surface area contributed by atoms with E-state index >= 15 is 0 Å². The zero-order valence-electron chi connectivity index (χ0n) is 17.0. The molecule has 32 heavy (non-hydrogen) atoms. The summed E-state index contributed by atoms with van der Waals surface area (Å²) in [6, 6.07) is 5.16. The second-order valence-corrected chi connectivity index (χ2v) is 8.00. The Morgan fingerprint density at radius 3 is 2.66 bits per heavy atom. The summed E-state index contributed by atoms with van der Waals surface area (Å²) >= 11 is 6.05. The van der Waals surface area contributed by atoms with E-state index in [2.05, 4.69) is 10.1 Å². The van der Waals surface area contributed by atoms with E-state index in [0.717, 1.165) is 17.0 Å². The van der Waals surface area contributed by atoms with Crippen LogP contribution in [0.4, 0.5) is 24.8 Å². The van der Waals surface area contributed by atoms with E-state index in [1.807, 2.05) is 0 Å². The van der Waals surface area contributed by atoms with E-state index in [9.17, 15) is 28.2 Å². The molecule has 0 radical (unpaired) electrons. The first-order valence-corrected chi connectivity index (χ1v) is 9.95. The van der Waals surface area contributed by atoms with Crippen molar-refractivity contribution in [2.45, 2.75) is 31.3 Å². The van der Waals surface area contributed by atoms with Gasteiger partial charge in [0, 0.05) is 25.5 Å². The third kappa shape index (κ3) is 3.87. The van der Waals surface area contributed by atoms with Gasteiger partial charge in [0.15, 0.2) is 5.82 Å². The van der Waals surface area contributed by atoms with E-state index < -0.39 is 35.9 Å². The number of carbonyl (C=O) groups is 1. The molecule has 0 saturated carbocycles. The number of fused-ring (bicyclic) bond motifs is 1. The molecule has 12 heteroatoms. The van der Waals surface area contributed by atoms with Crippen LogP contribution in [-0.4, -0.2) is 62.6 Å². The number of nitrogens with zero attached hydrogens (tertiary/aromatic N) is 5. The van der Waals surface area contributed by atoms with Crippen LogP contribution in [0, 0.1) is 6.92 Å². The van der Waals surface area contributed by atoms with Crippen molar-refractivity contribution in [3.8, 4) is 0 Å². The topological polar surface area (TPSA) is 94.2 Å². The number of hydrogen-bond donors (Lipinski definition) is 2. The summed E-state index contributed by atoms with van der Waals surface area (Å²) in [4.78, 5) is 19.7. The summed E-state index contributed by atoms with van der Waals surface area (Å²) in [6.45, 7) is 1.13. The largest absolute Gasteiger partial charge is 0.416 e. The number of alkyl halides is 3. The molecule has 0 aromatic carbocycles. The summed E-state index contributed by atoms with van der Waals surface area (Å²) in [6.07, 6.45) is -5.90. The van der Waals surface area contributed by atoms with Crippen LogP contribution >= 0.6 is 11.6 Å². The summed E-state index contributed by atoms with van der Waals surface area (Å²) < 4.78 is 41.3. The zero-order valence-corrected chi connectivity index (χ0v) is 17.7. The van der Waals surface area contributed by atoms with Gasteiger partial charge in [0.25, 0.3) is 5.91 Å². The Morgan fingerprint density at radius 2 is 1.97 bits per heavy atom. The number of carbonyl (C=O) groups excluding carboxylic acids is 1. The SMILES string of the molecule is Cc1cc(C(F)(F)F)cc(N2C[C@@H](O)[C@@H](O)[C@H]2C(=O)N(C)c2ccc3c(Cl)ccn3n2)n1. The number of aliphatic hydroxyl groups excluding tert-OH is 2. The fourth-order valence-electron chi connectivity index (χ4n) is 3.74. The van der Waals surface area contributed by atoms with Crippen molar-refractivity contribution < 1.29 is 28.2 Å². The average Bonchev–Trinajstić information content (AvgIpc) is 3.25. The molecule has 0 aliphatic carbocycles. The first-order valence-electron chi connectivity index (χ1n) is 9.57. The Morgan fingerprint density at radius 1 is 1.25 bits per heavy atom. The highest BCUT2D eigenvalue weighted by molar-refractivity contribution is 6.33. The third-order valence-electron chi connectivity index (χ3n) is 5.38. The third-order valence-corrected chi connectivity index (χ3v) is 5.70. The molecule has 3 aromatic rings.